The molecule has 0 saturated carbocycles. The van der Waals surface area contributed by atoms with Gasteiger partial charge in [-0.1, -0.05) is 0 Å². The Morgan fingerprint density at radius 1 is 1.50 bits per heavy atom. The quantitative estimate of drug-likeness (QED) is 0.712. The number of carboxylic acids is 1. The van der Waals surface area contributed by atoms with Gasteiger partial charge in [0, 0.05) is 20.1 Å². The van der Waals surface area contributed by atoms with E-state index in [4.69, 9.17) is 5.11 Å². The van der Waals surface area contributed by atoms with Crippen LogP contribution >= 0.6 is 0 Å². The predicted molar refractivity (Wildman–Crippen MR) is 64.1 cm³/mol. The van der Waals surface area contributed by atoms with Crippen molar-refractivity contribution in [3.8, 4) is 0 Å². The Balaban J connectivity index is 2.89. The summed E-state index contributed by atoms with van der Waals surface area (Å²) in [6.07, 6.45) is 0. The number of piperazine rings is 1. The van der Waals surface area contributed by atoms with Crippen molar-refractivity contribution in [2.24, 2.45) is 0 Å². The second kappa shape index (κ2) is 4.83. The van der Waals surface area contributed by atoms with Gasteiger partial charge >= 0.3 is 12.0 Å². The highest BCUT2D eigenvalue weighted by Crippen LogP contribution is 2.19. The van der Waals surface area contributed by atoms with Gasteiger partial charge in [0.2, 0.25) is 5.91 Å². The Bertz CT molecular complexity index is 380. The zero-order chi connectivity index (χ0) is 14.1. The maximum atomic E-state index is 12.2. The summed E-state index contributed by atoms with van der Waals surface area (Å²) < 4.78 is 0. The second-order valence-corrected chi connectivity index (χ2v) is 4.87. The van der Waals surface area contributed by atoms with E-state index in [0.29, 0.717) is 13.1 Å². The lowest BCUT2D eigenvalue weighted by Crippen LogP contribution is -2.66. The van der Waals surface area contributed by atoms with Gasteiger partial charge in [0.25, 0.3) is 0 Å². The molecule has 18 heavy (non-hydrogen) atoms. The number of carbonyl (C=O) groups excluding carboxylic acids is 2. The van der Waals surface area contributed by atoms with Crippen molar-refractivity contribution in [1.29, 1.82) is 0 Å². The van der Waals surface area contributed by atoms with Crippen molar-refractivity contribution in [2.75, 3.05) is 20.1 Å². The van der Waals surface area contributed by atoms with Crippen molar-refractivity contribution in [3.63, 3.8) is 0 Å². The van der Waals surface area contributed by atoms with Crippen molar-refractivity contribution >= 4 is 17.9 Å². The Kier molecular flexibility index (Phi) is 3.83. The summed E-state index contributed by atoms with van der Waals surface area (Å²) in [6, 6.07) is -1.39. The number of nitrogens with zero attached hydrogens (tertiary/aromatic N) is 2. The molecule has 0 radical (unpaired) electrons. The molecule has 7 nitrogen and oxygen atoms in total. The van der Waals surface area contributed by atoms with E-state index in [2.05, 4.69) is 5.32 Å². The summed E-state index contributed by atoms with van der Waals surface area (Å²) in [5.41, 5.74) is -0.970. The van der Waals surface area contributed by atoms with Crippen LogP contribution in [-0.2, 0) is 9.59 Å². The van der Waals surface area contributed by atoms with Gasteiger partial charge in [-0.25, -0.2) is 9.59 Å². The monoisotopic (exact) mass is 257 g/mol. The van der Waals surface area contributed by atoms with Crippen LogP contribution in [0.5, 0.6) is 0 Å². The molecule has 102 valence electrons. The molecule has 0 bridgehead atoms. The van der Waals surface area contributed by atoms with E-state index >= 15 is 0 Å². The minimum Gasteiger partial charge on any atom is -0.480 e. The molecule has 1 aliphatic rings. The van der Waals surface area contributed by atoms with Gasteiger partial charge in [-0.3, -0.25) is 4.79 Å². The highest BCUT2D eigenvalue weighted by molar-refractivity contribution is 5.92. The van der Waals surface area contributed by atoms with Gasteiger partial charge in [-0.2, -0.15) is 0 Å². The third-order valence-electron chi connectivity index (χ3n) is 3.32. The molecule has 1 unspecified atom stereocenters. The van der Waals surface area contributed by atoms with Crippen LogP contribution in [0.1, 0.15) is 20.8 Å². The maximum Gasteiger partial charge on any atom is 0.326 e. The molecular formula is C11H19N3O4. The molecule has 1 fully saturated rings. The van der Waals surface area contributed by atoms with Crippen LogP contribution in [0, 0.1) is 0 Å². The number of carbonyl (C=O) groups is 3. The van der Waals surface area contributed by atoms with Gasteiger partial charge in [0.05, 0.1) is 0 Å². The number of urea groups is 1. The van der Waals surface area contributed by atoms with Gasteiger partial charge < -0.3 is 20.2 Å². The minimum atomic E-state index is -1.08. The average Bonchev–Trinajstić information content (AvgIpc) is 2.29. The number of likely N-dealkylation sites (N-methyl/N-ethyl adjacent to an activating group) is 1. The lowest BCUT2D eigenvalue weighted by Gasteiger charge is -2.43. The molecule has 1 aliphatic heterocycles. The summed E-state index contributed by atoms with van der Waals surface area (Å²) in [4.78, 5) is 37.3. The number of rotatable bonds is 2. The molecule has 0 aromatic rings. The number of aliphatic carboxylic acids is 1. The summed E-state index contributed by atoms with van der Waals surface area (Å²) in [7, 11) is 1.42. The van der Waals surface area contributed by atoms with Crippen molar-refractivity contribution < 1.29 is 19.5 Å². The topological polar surface area (TPSA) is 89.9 Å². The largest absolute Gasteiger partial charge is 0.480 e. The first-order valence-electron chi connectivity index (χ1n) is 5.75. The molecule has 0 aromatic heterocycles. The zero-order valence-electron chi connectivity index (χ0n) is 11.1. The second-order valence-electron chi connectivity index (χ2n) is 4.87. The fourth-order valence-electron chi connectivity index (χ4n) is 1.76. The van der Waals surface area contributed by atoms with E-state index in [0.717, 1.165) is 4.90 Å². The normalized spacial score (nSPS) is 20.0. The van der Waals surface area contributed by atoms with Crippen molar-refractivity contribution in [1.82, 2.24) is 15.1 Å². The summed E-state index contributed by atoms with van der Waals surface area (Å²) >= 11 is 0. The van der Waals surface area contributed by atoms with Gasteiger partial charge in [0.1, 0.15) is 11.6 Å². The fourth-order valence-corrected chi connectivity index (χ4v) is 1.76. The number of hydrogen-bond acceptors (Lipinski definition) is 3. The summed E-state index contributed by atoms with van der Waals surface area (Å²) in [6.45, 7) is 5.45. The first-order chi connectivity index (χ1) is 8.19. The van der Waals surface area contributed by atoms with Crippen LogP contribution in [0.25, 0.3) is 0 Å². The van der Waals surface area contributed by atoms with Crippen LogP contribution in [-0.4, -0.2) is 64.5 Å². The molecule has 7 heteroatoms. The van der Waals surface area contributed by atoms with E-state index in [9.17, 15) is 14.4 Å². The van der Waals surface area contributed by atoms with E-state index < -0.39 is 23.6 Å². The van der Waals surface area contributed by atoms with E-state index in [1.165, 1.54) is 18.9 Å². The molecule has 1 saturated heterocycles. The number of carboxylic acid groups (broad SMARTS) is 1. The standard InChI is InChI=1S/C11H19N3O4/c1-7(8(15)16)13(4)10(18)14-6-5-12-9(17)11(14,2)3/h7H,5-6H2,1-4H3,(H,12,17)(H,15,16). The molecule has 2 N–H and O–H groups in total. The van der Waals surface area contributed by atoms with Gasteiger partial charge in [-0.05, 0) is 20.8 Å². The van der Waals surface area contributed by atoms with Crippen LogP contribution in [0.15, 0.2) is 0 Å². The van der Waals surface area contributed by atoms with Gasteiger partial charge in [0.15, 0.2) is 0 Å². The third-order valence-corrected chi connectivity index (χ3v) is 3.32. The highest BCUT2D eigenvalue weighted by Gasteiger charge is 2.42. The van der Waals surface area contributed by atoms with Gasteiger partial charge in [-0.15, -0.1) is 0 Å². The summed E-state index contributed by atoms with van der Waals surface area (Å²) in [5, 5.41) is 11.6. The van der Waals surface area contributed by atoms with Crippen LogP contribution in [0.3, 0.4) is 0 Å². The number of nitrogens with one attached hydrogen (secondary N) is 1. The predicted octanol–water partition coefficient (Wildman–Crippen LogP) is -0.278. The molecule has 1 rings (SSSR count). The minimum absolute atomic E-state index is 0.238. The Morgan fingerprint density at radius 3 is 2.56 bits per heavy atom. The van der Waals surface area contributed by atoms with E-state index in [1.807, 2.05) is 0 Å². The SMILES string of the molecule is CC(C(=O)O)N(C)C(=O)N1CCNC(=O)C1(C)C. The molecule has 0 aromatic carbocycles. The fraction of sp³-hybridized carbons (Fsp3) is 0.727. The zero-order valence-corrected chi connectivity index (χ0v) is 11.1. The van der Waals surface area contributed by atoms with Crippen LogP contribution in [0.4, 0.5) is 4.79 Å². The lowest BCUT2D eigenvalue weighted by atomic mass is 9.99. The maximum absolute atomic E-state index is 12.2. The van der Waals surface area contributed by atoms with Crippen LogP contribution < -0.4 is 5.32 Å². The van der Waals surface area contributed by atoms with Crippen LogP contribution in [0.2, 0.25) is 0 Å². The first-order valence-corrected chi connectivity index (χ1v) is 5.75. The summed E-state index contributed by atoms with van der Waals surface area (Å²) in [5.74, 6) is -1.32. The highest BCUT2D eigenvalue weighted by atomic mass is 16.4. The molecular weight excluding hydrogens is 238 g/mol. The Labute approximate surface area is 106 Å². The molecule has 0 aliphatic carbocycles. The van der Waals surface area contributed by atoms with E-state index in [-0.39, 0.29) is 5.91 Å². The first kappa shape index (κ1) is 14.3. The van der Waals surface area contributed by atoms with Crippen molar-refractivity contribution in [3.05, 3.63) is 0 Å². The Hall–Kier alpha value is -1.79. The molecule has 0 spiro atoms. The smallest absolute Gasteiger partial charge is 0.326 e. The Morgan fingerprint density at radius 2 is 2.06 bits per heavy atom. The average molecular weight is 257 g/mol. The molecule has 1 heterocycles. The lowest BCUT2D eigenvalue weighted by molar-refractivity contribution is -0.141. The number of hydrogen-bond donors (Lipinski definition) is 2. The van der Waals surface area contributed by atoms with Crippen molar-refractivity contribution in [2.45, 2.75) is 32.4 Å². The third kappa shape index (κ3) is 2.39. The molecule has 3 amide bonds. The van der Waals surface area contributed by atoms with E-state index in [1.54, 1.807) is 13.8 Å². The molecule has 1 atom stereocenters. The number of amides is 3.